The zero-order chi connectivity index (χ0) is 54.0. The molecule has 2 aliphatic heterocycles. The van der Waals surface area contributed by atoms with Gasteiger partial charge in [0.25, 0.3) is 0 Å². The molecule has 3 aliphatic rings. The highest BCUT2D eigenvalue weighted by Crippen LogP contribution is 2.53. The highest BCUT2D eigenvalue weighted by atomic mass is 32.1. The van der Waals surface area contributed by atoms with Crippen LogP contribution < -0.4 is 24.2 Å². The second-order valence-electron chi connectivity index (χ2n) is 20.1. The Bertz CT molecular complexity index is 4310. The lowest BCUT2D eigenvalue weighted by Gasteiger charge is -2.33. The summed E-state index contributed by atoms with van der Waals surface area (Å²) in [6, 6.07) is 92.5. The van der Waals surface area contributed by atoms with E-state index < -0.39 is 0 Å². The van der Waals surface area contributed by atoms with Crippen molar-refractivity contribution in [3.8, 4) is 50.9 Å². The number of aromatic nitrogens is 1. The van der Waals surface area contributed by atoms with Gasteiger partial charge in [0.1, 0.15) is 5.71 Å². The maximum Gasteiger partial charge on any atom is 0.152 e. The predicted octanol–water partition coefficient (Wildman–Crippen LogP) is 19.7. The van der Waals surface area contributed by atoms with Gasteiger partial charge in [-0.05, 0) is 174 Å². The zero-order valence-electron chi connectivity index (χ0n) is 43.6. The summed E-state index contributed by atoms with van der Waals surface area (Å²) in [6.07, 6.45) is 4.08. The van der Waals surface area contributed by atoms with Crippen molar-refractivity contribution < 1.29 is 9.47 Å². The van der Waals surface area contributed by atoms with Gasteiger partial charge in [-0.2, -0.15) is 0 Å². The molecule has 1 aromatic heterocycles. The number of allylic oxidation sites excluding steroid dienone is 4. The Morgan fingerprint density at radius 3 is 1.28 bits per heavy atom. The van der Waals surface area contributed by atoms with Crippen LogP contribution in [0, 0.1) is 5.41 Å². The van der Waals surface area contributed by atoms with Gasteiger partial charge >= 0.3 is 0 Å². The molecule has 9 heteroatoms. The third kappa shape index (κ3) is 8.17. The van der Waals surface area contributed by atoms with Gasteiger partial charge in [0, 0.05) is 44.8 Å². The average molecular weight is 1060 g/mol. The molecule has 0 radical (unpaired) electrons. The van der Waals surface area contributed by atoms with E-state index in [-0.39, 0.29) is 5.71 Å². The summed E-state index contributed by atoms with van der Waals surface area (Å²) in [5.74, 6) is 3.14. The summed E-state index contributed by atoms with van der Waals surface area (Å²) in [5, 5.41) is 12.2. The Morgan fingerprint density at radius 1 is 0.370 bits per heavy atom. The average Bonchev–Trinajstić information content (AvgIpc) is 4.15. The van der Waals surface area contributed by atoms with E-state index in [0.29, 0.717) is 11.4 Å². The van der Waals surface area contributed by atoms with Crippen molar-refractivity contribution in [2.45, 2.75) is 0 Å². The molecule has 8 nitrogen and oxygen atoms in total. The molecule has 0 bridgehead atoms. The molecule has 1 aliphatic carbocycles. The van der Waals surface area contributed by atoms with Crippen LogP contribution in [0.5, 0.6) is 23.0 Å². The van der Waals surface area contributed by atoms with Gasteiger partial charge in [0.2, 0.25) is 0 Å². The van der Waals surface area contributed by atoms with E-state index in [1.54, 1.807) is 0 Å². The molecule has 11 aromatic carbocycles. The van der Waals surface area contributed by atoms with Gasteiger partial charge in [0.15, 0.2) is 23.0 Å². The number of rotatable bonds is 9. The minimum Gasteiger partial charge on any atom is -0.453 e. The van der Waals surface area contributed by atoms with Crippen molar-refractivity contribution in [1.29, 1.82) is 5.41 Å². The number of benzene rings is 11. The summed E-state index contributed by atoms with van der Waals surface area (Å²) in [7, 11) is 0. The van der Waals surface area contributed by atoms with E-state index in [9.17, 15) is 5.41 Å². The molecule has 12 aromatic rings. The van der Waals surface area contributed by atoms with Gasteiger partial charge in [-0.25, -0.2) is 4.40 Å². The van der Waals surface area contributed by atoms with Crippen molar-refractivity contribution in [3.05, 3.63) is 290 Å². The van der Waals surface area contributed by atoms with E-state index in [0.717, 1.165) is 119 Å². The standard InChI is InChI=1S/C72H48N6O2S/c73-71-57(49-31-39-56(40-32-49)76-60-21-9-7-19-58(60)59-20-8-10-22-61(59)76)41-44-66(72(71)74-81)75(54-35-27-47(28-36-54)50-33-42-64-69(45-50)79-67-25-13-11-23-62(67)77(64)52-15-3-1-4-16-52)55-37-29-48(30-38-55)51-34-43-65-70(46-51)80-68-26-14-12-24-63(68)78(65)53-17-5-2-6-18-53/h1-46,73,81H. The lowest BCUT2D eigenvalue weighted by molar-refractivity contribution is 0.477. The molecule has 1 N–H and O–H groups in total. The van der Waals surface area contributed by atoms with Crippen molar-refractivity contribution in [3.63, 3.8) is 0 Å². The second kappa shape index (κ2) is 19.7. The van der Waals surface area contributed by atoms with Crippen molar-refractivity contribution >= 4 is 97.1 Å². The van der Waals surface area contributed by atoms with Gasteiger partial charge in [-0.1, -0.05) is 146 Å². The molecule has 0 saturated heterocycles. The summed E-state index contributed by atoms with van der Waals surface area (Å²) in [6.45, 7) is 0. The highest BCUT2D eigenvalue weighted by molar-refractivity contribution is 7.79. The van der Waals surface area contributed by atoms with E-state index >= 15 is 0 Å². The number of fused-ring (bicyclic) bond motifs is 7. The fraction of sp³-hybridized carbons (Fsp3) is 0. The van der Waals surface area contributed by atoms with Gasteiger partial charge < -0.3 is 28.7 Å². The summed E-state index contributed by atoms with van der Waals surface area (Å²) < 4.78 is 20.1. The van der Waals surface area contributed by atoms with Crippen molar-refractivity contribution in [2.24, 2.45) is 4.40 Å². The first-order chi connectivity index (χ1) is 40.0. The van der Waals surface area contributed by atoms with Crippen molar-refractivity contribution in [1.82, 2.24) is 4.57 Å². The fourth-order valence-electron chi connectivity index (χ4n) is 11.7. The number of thiol groups is 1. The maximum absolute atomic E-state index is 9.82. The molecule has 0 spiro atoms. The molecule has 0 saturated carbocycles. The number of nitrogens with zero attached hydrogens (tertiary/aromatic N) is 5. The molecule has 0 atom stereocenters. The van der Waals surface area contributed by atoms with Gasteiger partial charge in [-0.15, -0.1) is 0 Å². The molecule has 15 rings (SSSR count). The molecule has 384 valence electrons. The van der Waals surface area contributed by atoms with Crippen LogP contribution in [-0.4, -0.2) is 16.0 Å². The third-order valence-corrected chi connectivity index (χ3v) is 15.7. The Kier molecular flexibility index (Phi) is 11.6. The van der Waals surface area contributed by atoms with Crippen LogP contribution in [0.25, 0.3) is 55.3 Å². The van der Waals surface area contributed by atoms with Crippen LogP contribution in [-0.2, 0) is 0 Å². The van der Waals surface area contributed by atoms with E-state index in [1.165, 1.54) is 10.8 Å². The number of ether oxygens (including phenoxy) is 2. The fourth-order valence-corrected chi connectivity index (χ4v) is 11.9. The molecular formula is C72H48N6O2S. The molecular weight excluding hydrogens is 1010 g/mol. The van der Waals surface area contributed by atoms with Crippen LogP contribution in [0.1, 0.15) is 5.56 Å². The molecule has 0 amide bonds. The molecule has 3 heterocycles. The third-order valence-electron chi connectivity index (χ3n) is 15.5. The number of para-hydroxylation sites is 8. The second-order valence-corrected chi connectivity index (χ2v) is 20.3. The first-order valence-electron chi connectivity index (χ1n) is 26.9. The lowest BCUT2D eigenvalue weighted by atomic mass is 9.91. The van der Waals surface area contributed by atoms with E-state index in [1.807, 2.05) is 54.6 Å². The summed E-state index contributed by atoms with van der Waals surface area (Å²) in [5.41, 5.74) is 18.3. The quantitative estimate of drug-likeness (QED) is 0.111. The first kappa shape index (κ1) is 47.6. The van der Waals surface area contributed by atoms with Crippen LogP contribution in [0.4, 0.5) is 45.5 Å². The van der Waals surface area contributed by atoms with Crippen LogP contribution in [0.3, 0.4) is 0 Å². The maximum atomic E-state index is 9.82. The Morgan fingerprint density at radius 2 is 0.790 bits per heavy atom. The van der Waals surface area contributed by atoms with Crippen LogP contribution >= 0.6 is 12.8 Å². The molecule has 0 fully saturated rings. The minimum absolute atomic E-state index is 0.269. The highest BCUT2D eigenvalue weighted by Gasteiger charge is 2.30. The van der Waals surface area contributed by atoms with Crippen molar-refractivity contribution in [2.75, 3.05) is 14.7 Å². The normalized spacial score (nSPS) is 13.8. The lowest BCUT2D eigenvalue weighted by Crippen LogP contribution is -2.30. The topological polar surface area (TPSA) is 69.3 Å². The van der Waals surface area contributed by atoms with Gasteiger partial charge in [0.05, 0.1) is 45.2 Å². The van der Waals surface area contributed by atoms with Crippen LogP contribution in [0.2, 0.25) is 0 Å². The molecule has 0 unspecified atom stereocenters. The smallest absolute Gasteiger partial charge is 0.152 e. The predicted molar refractivity (Wildman–Crippen MR) is 336 cm³/mol. The zero-order valence-corrected chi connectivity index (χ0v) is 44.5. The number of hydrogen-bond donors (Lipinski definition) is 2. The van der Waals surface area contributed by atoms with E-state index in [2.05, 4.69) is 261 Å². The number of anilines is 8. The SMILES string of the molecule is N=C1C(c2ccc(-n3c4ccccc4c4ccccc43)cc2)=CC=C(N(c2ccc(-c3ccc4c(c3)Oc3ccccc3N4c3ccccc3)cc2)c2ccc(-c3ccc4c(c3)Oc3ccccc3N4c3ccccc3)cc2)C1=NS. The first-order valence-corrected chi connectivity index (χ1v) is 27.3. The minimum atomic E-state index is 0.269. The monoisotopic (exact) mass is 1060 g/mol. The number of nitrogens with one attached hydrogen (secondary N) is 1. The Labute approximate surface area is 474 Å². The largest absolute Gasteiger partial charge is 0.453 e. The van der Waals surface area contributed by atoms with E-state index in [4.69, 9.17) is 9.47 Å². The number of hydrogen-bond acceptors (Lipinski definition) is 8. The Balaban J connectivity index is 0.796. The molecule has 81 heavy (non-hydrogen) atoms. The Hall–Kier alpha value is -10.6. The van der Waals surface area contributed by atoms with Crippen LogP contribution in [0.15, 0.2) is 289 Å². The van der Waals surface area contributed by atoms with Gasteiger partial charge in [-0.3, -0.25) is 5.41 Å². The summed E-state index contributed by atoms with van der Waals surface area (Å²) in [4.78, 5) is 6.66. The summed E-state index contributed by atoms with van der Waals surface area (Å²) >= 11 is 4.60.